The van der Waals surface area contributed by atoms with Gasteiger partial charge in [0.05, 0.1) is 0 Å². The molecule has 0 fully saturated rings. The van der Waals surface area contributed by atoms with E-state index in [0.717, 1.165) is 11.4 Å². The highest BCUT2D eigenvalue weighted by Crippen LogP contribution is 2.51. The third-order valence-corrected chi connectivity index (χ3v) is 11.4. The average Bonchev–Trinajstić information content (AvgIpc) is 3.45. The fourth-order valence-corrected chi connectivity index (χ4v) is 8.57. The van der Waals surface area contributed by atoms with Crippen molar-refractivity contribution in [1.29, 1.82) is 0 Å². The predicted octanol–water partition coefficient (Wildman–Crippen LogP) is 14.7. The van der Waals surface area contributed by atoms with Crippen molar-refractivity contribution in [1.82, 2.24) is 0 Å². The standard InChI is InChI=1S/C53H43N/c1-36-34-52(37(2)33-49(36)46-24-14-13-23-45(46)39-19-9-6-10-20-39)54(42-31-32-48-47-25-15-16-26-50(47)53(3,4)51(48)35-42)41-29-27-40(28-30-41)44-22-12-11-21-43(44)38-17-7-5-8-18-38/h5-35H,1-4H3. The summed E-state index contributed by atoms with van der Waals surface area (Å²) in [5, 5.41) is 0. The SMILES string of the molecule is Cc1cc(N(c2ccc(-c3ccccc3-c3ccccc3)cc2)c2ccc3c(c2)C(C)(C)c2ccccc2-3)c(C)cc1-c1ccccc1-c1ccccc1. The molecule has 0 saturated heterocycles. The topological polar surface area (TPSA) is 3.24 Å². The van der Waals surface area contributed by atoms with Gasteiger partial charge < -0.3 is 4.90 Å². The van der Waals surface area contributed by atoms with Gasteiger partial charge in [-0.3, -0.25) is 0 Å². The Bertz CT molecular complexity index is 2630. The molecule has 8 aromatic carbocycles. The smallest absolute Gasteiger partial charge is 0.0493 e. The third-order valence-electron chi connectivity index (χ3n) is 11.4. The minimum Gasteiger partial charge on any atom is -0.310 e. The highest BCUT2D eigenvalue weighted by Gasteiger charge is 2.36. The molecule has 54 heavy (non-hydrogen) atoms. The van der Waals surface area contributed by atoms with Crippen LogP contribution in [0.2, 0.25) is 0 Å². The Morgan fingerprint density at radius 2 is 0.796 bits per heavy atom. The van der Waals surface area contributed by atoms with Crippen LogP contribution in [0.1, 0.15) is 36.1 Å². The number of hydrogen-bond acceptors (Lipinski definition) is 1. The average molecular weight is 694 g/mol. The fourth-order valence-electron chi connectivity index (χ4n) is 8.57. The second-order valence-electron chi connectivity index (χ2n) is 15.1. The van der Waals surface area contributed by atoms with E-state index in [0.29, 0.717) is 0 Å². The van der Waals surface area contributed by atoms with Crippen molar-refractivity contribution in [3.05, 3.63) is 210 Å². The Balaban J connectivity index is 1.19. The highest BCUT2D eigenvalue weighted by molar-refractivity contribution is 5.91. The van der Waals surface area contributed by atoms with Crippen molar-refractivity contribution < 1.29 is 0 Å². The number of anilines is 3. The number of aryl methyl sites for hydroxylation is 2. The maximum atomic E-state index is 2.46. The zero-order chi connectivity index (χ0) is 36.8. The van der Waals surface area contributed by atoms with Crippen LogP contribution in [0.25, 0.3) is 55.6 Å². The minimum atomic E-state index is -0.103. The number of nitrogens with zero attached hydrogens (tertiary/aromatic N) is 1. The molecule has 0 saturated carbocycles. The molecule has 0 spiro atoms. The van der Waals surface area contributed by atoms with Gasteiger partial charge in [0.2, 0.25) is 0 Å². The first-order chi connectivity index (χ1) is 26.4. The first kappa shape index (κ1) is 33.4. The summed E-state index contributed by atoms with van der Waals surface area (Å²) in [7, 11) is 0. The maximum absolute atomic E-state index is 2.46. The molecule has 1 heteroatoms. The molecule has 0 aromatic heterocycles. The van der Waals surface area contributed by atoms with E-state index >= 15 is 0 Å². The second-order valence-corrected chi connectivity index (χ2v) is 15.1. The zero-order valence-electron chi connectivity index (χ0n) is 31.3. The van der Waals surface area contributed by atoms with Gasteiger partial charge in [0.15, 0.2) is 0 Å². The molecule has 0 bridgehead atoms. The summed E-state index contributed by atoms with van der Waals surface area (Å²) in [5.74, 6) is 0. The lowest BCUT2D eigenvalue weighted by Gasteiger charge is -2.30. The van der Waals surface area contributed by atoms with Crippen LogP contribution in [0.4, 0.5) is 17.1 Å². The van der Waals surface area contributed by atoms with Crippen LogP contribution in [0.15, 0.2) is 188 Å². The van der Waals surface area contributed by atoms with Crippen LogP contribution in [0.3, 0.4) is 0 Å². The number of rotatable bonds is 7. The predicted molar refractivity (Wildman–Crippen MR) is 230 cm³/mol. The first-order valence-corrected chi connectivity index (χ1v) is 18.9. The molecule has 9 rings (SSSR count). The van der Waals surface area contributed by atoms with E-state index in [4.69, 9.17) is 0 Å². The molecular weight excluding hydrogens is 651 g/mol. The van der Waals surface area contributed by atoms with Gasteiger partial charge >= 0.3 is 0 Å². The van der Waals surface area contributed by atoms with E-state index < -0.39 is 0 Å². The summed E-state index contributed by atoms with van der Waals surface area (Å²) < 4.78 is 0. The van der Waals surface area contributed by atoms with Crippen molar-refractivity contribution in [2.45, 2.75) is 33.1 Å². The molecular formula is C53H43N. The van der Waals surface area contributed by atoms with Crippen LogP contribution in [-0.2, 0) is 5.41 Å². The van der Waals surface area contributed by atoms with Gasteiger partial charge in [0, 0.05) is 22.5 Å². The molecule has 0 N–H and O–H groups in total. The summed E-state index contributed by atoms with van der Waals surface area (Å²) in [6.45, 7) is 9.23. The lowest BCUT2D eigenvalue weighted by atomic mass is 9.82. The zero-order valence-corrected chi connectivity index (χ0v) is 31.3. The lowest BCUT2D eigenvalue weighted by molar-refractivity contribution is 0.660. The van der Waals surface area contributed by atoms with Crippen LogP contribution in [-0.4, -0.2) is 0 Å². The summed E-state index contributed by atoms with van der Waals surface area (Å²) in [6.07, 6.45) is 0. The molecule has 0 amide bonds. The van der Waals surface area contributed by atoms with Gasteiger partial charge in [-0.25, -0.2) is 0 Å². The van der Waals surface area contributed by atoms with Gasteiger partial charge in [-0.1, -0.05) is 166 Å². The summed E-state index contributed by atoms with van der Waals surface area (Å²) >= 11 is 0. The first-order valence-electron chi connectivity index (χ1n) is 18.9. The van der Waals surface area contributed by atoms with Crippen molar-refractivity contribution in [2.75, 3.05) is 4.90 Å². The highest BCUT2D eigenvalue weighted by atomic mass is 15.1. The summed E-state index contributed by atoms with van der Waals surface area (Å²) in [4.78, 5) is 2.46. The van der Waals surface area contributed by atoms with Crippen molar-refractivity contribution in [3.8, 4) is 55.6 Å². The van der Waals surface area contributed by atoms with Gasteiger partial charge in [-0.2, -0.15) is 0 Å². The van der Waals surface area contributed by atoms with Gasteiger partial charge in [0.25, 0.3) is 0 Å². The Hall–Kier alpha value is -6.44. The number of fused-ring (bicyclic) bond motifs is 3. The largest absolute Gasteiger partial charge is 0.310 e. The molecule has 8 aromatic rings. The Kier molecular flexibility index (Phi) is 8.36. The summed E-state index contributed by atoms with van der Waals surface area (Å²) in [5.41, 5.74) is 21.1. The molecule has 1 nitrogen and oxygen atoms in total. The van der Waals surface area contributed by atoms with E-state index in [9.17, 15) is 0 Å². The number of benzene rings is 8. The minimum absolute atomic E-state index is 0.103. The van der Waals surface area contributed by atoms with E-state index in [1.807, 2.05) is 0 Å². The van der Waals surface area contributed by atoms with Crippen LogP contribution in [0.5, 0.6) is 0 Å². The molecule has 1 aliphatic rings. The van der Waals surface area contributed by atoms with Gasteiger partial charge in [0.1, 0.15) is 0 Å². The van der Waals surface area contributed by atoms with Crippen LogP contribution >= 0.6 is 0 Å². The molecule has 0 atom stereocenters. The molecule has 260 valence electrons. The van der Waals surface area contributed by atoms with E-state index in [-0.39, 0.29) is 5.41 Å². The van der Waals surface area contributed by atoms with Crippen LogP contribution < -0.4 is 4.90 Å². The van der Waals surface area contributed by atoms with E-state index in [1.165, 1.54) is 83.6 Å². The quantitative estimate of drug-likeness (QED) is 0.161. The molecule has 0 heterocycles. The summed E-state index contributed by atoms with van der Waals surface area (Å²) in [6, 6.07) is 68.8. The monoisotopic (exact) mass is 693 g/mol. The van der Waals surface area contributed by atoms with Crippen molar-refractivity contribution in [3.63, 3.8) is 0 Å². The van der Waals surface area contributed by atoms with Crippen molar-refractivity contribution >= 4 is 17.1 Å². The number of hydrogen-bond donors (Lipinski definition) is 0. The Morgan fingerprint density at radius 1 is 0.333 bits per heavy atom. The van der Waals surface area contributed by atoms with E-state index in [1.54, 1.807) is 0 Å². The van der Waals surface area contributed by atoms with Crippen molar-refractivity contribution in [2.24, 2.45) is 0 Å². The molecule has 1 aliphatic carbocycles. The molecule has 0 aliphatic heterocycles. The van der Waals surface area contributed by atoms with Gasteiger partial charge in [-0.15, -0.1) is 0 Å². The van der Waals surface area contributed by atoms with Gasteiger partial charge in [-0.05, 0) is 128 Å². The Morgan fingerprint density at radius 3 is 1.41 bits per heavy atom. The Labute approximate surface area is 319 Å². The lowest BCUT2D eigenvalue weighted by Crippen LogP contribution is -2.17. The molecule has 0 radical (unpaired) electrons. The molecule has 0 unspecified atom stereocenters. The van der Waals surface area contributed by atoms with Crippen LogP contribution in [0, 0.1) is 13.8 Å². The normalized spacial score (nSPS) is 12.6. The second kappa shape index (κ2) is 13.5. The maximum Gasteiger partial charge on any atom is 0.0493 e. The fraction of sp³-hybridized carbons (Fsp3) is 0.0943. The third kappa shape index (κ3) is 5.74. The van der Waals surface area contributed by atoms with E-state index in [2.05, 4.69) is 221 Å².